The summed E-state index contributed by atoms with van der Waals surface area (Å²) in [5.41, 5.74) is -2.84. The van der Waals surface area contributed by atoms with Crippen molar-refractivity contribution in [3.63, 3.8) is 0 Å². The molecular formula is C18H20O8. The number of benzene rings is 1. The molecule has 26 heavy (non-hydrogen) atoms. The normalized spacial score (nSPS) is 10.4. The Morgan fingerprint density at radius 1 is 0.962 bits per heavy atom. The first-order valence-electron chi connectivity index (χ1n) is 7.62. The van der Waals surface area contributed by atoms with Gasteiger partial charge in [-0.25, -0.2) is 9.59 Å². The molecule has 0 saturated heterocycles. The Morgan fingerprint density at radius 2 is 1.50 bits per heavy atom. The largest absolute Gasteiger partial charge is 0.468 e. The molecule has 1 aromatic carbocycles. The van der Waals surface area contributed by atoms with Crippen LogP contribution < -0.4 is 4.74 Å². The van der Waals surface area contributed by atoms with Crippen LogP contribution in [0.3, 0.4) is 0 Å². The van der Waals surface area contributed by atoms with Gasteiger partial charge in [-0.15, -0.1) is 0 Å². The predicted octanol–water partition coefficient (Wildman–Crippen LogP) is 1.43. The summed E-state index contributed by atoms with van der Waals surface area (Å²) in [5, 5.41) is 0. The Labute approximate surface area is 150 Å². The van der Waals surface area contributed by atoms with Gasteiger partial charge < -0.3 is 18.9 Å². The number of ether oxygens (including phenoxy) is 4. The summed E-state index contributed by atoms with van der Waals surface area (Å²) in [6, 6.07) is 7.79. The highest BCUT2D eigenvalue weighted by Gasteiger charge is 2.58. The lowest BCUT2D eigenvalue weighted by Gasteiger charge is -2.26. The molecule has 0 atom stereocenters. The van der Waals surface area contributed by atoms with Crippen LogP contribution in [-0.4, -0.2) is 44.7 Å². The number of carbonyl (C=O) groups excluding carboxylic acids is 4. The van der Waals surface area contributed by atoms with Gasteiger partial charge >= 0.3 is 23.9 Å². The van der Waals surface area contributed by atoms with Crippen molar-refractivity contribution in [3.8, 4) is 5.75 Å². The van der Waals surface area contributed by atoms with Crippen LogP contribution in [-0.2, 0) is 33.4 Å². The minimum atomic E-state index is -2.55. The summed E-state index contributed by atoms with van der Waals surface area (Å²) in [7, 11) is 1.98. The lowest BCUT2D eigenvalue weighted by atomic mass is 9.81. The smallest absolute Gasteiger partial charge is 0.340 e. The number of para-hydroxylation sites is 1. The van der Waals surface area contributed by atoms with E-state index in [-0.39, 0.29) is 17.9 Å². The van der Waals surface area contributed by atoms with Crippen molar-refractivity contribution in [2.24, 2.45) is 5.41 Å². The molecule has 8 nitrogen and oxygen atoms in total. The summed E-state index contributed by atoms with van der Waals surface area (Å²) < 4.78 is 19.1. The van der Waals surface area contributed by atoms with Gasteiger partial charge in [0.25, 0.3) is 5.41 Å². The van der Waals surface area contributed by atoms with Crippen molar-refractivity contribution in [2.75, 3.05) is 20.8 Å². The Balaban J connectivity index is 3.31. The van der Waals surface area contributed by atoms with Gasteiger partial charge in [-0.05, 0) is 19.1 Å². The average molecular weight is 364 g/mol. The van der Waals surface area contributed by atoms with E-state index in [1.807, 2.05) is 0 Å². The zero-order chi connectivity index (χ0) is 19.7. The Bertz CT molecular complexity index is 676. The van der Waals surface area contributed by atoms with E-state index < -0.39 is 35.7 Å². The van der Waals surface area contributed by atoms with E-state index in [1.54, 1.807) is 25.1 Å². The highest BCUT2D eigenvalue weighted by atomic mass is 16.6. The molecule has 0 spiro atoms. The first-order chi connectivity index (χ1) is 12.3. The molecular weight excluding hydrogens is 344 g/mol. The molecule has 0 aliphatic heterocycles. The van der Waals surface area contributed by atoms with Gasteiger partial charge in [0.15, 0.2) is 0 Å². The molecule has 8 heteroatoms. The molecule has 0 fully saturated rings. The van der Waals surface area contributed by atoms with Crippen molar-refractivity contribution in [2.45, 2.75) is 13.3 Å². The third-order valence-electron chi connectivity index (χ3n) is 3.41. The van der Waals surface area contributed by atoms with Gasteiger partial charge in [-0.1, -0.05) is 24.8 Å². The van der Waals surface area contributed by atoms with Crippen molar-refractivity contribution in [1.82, 2.24) is 0 Å². The van der Waals surface area contributed by atoms with Crippen LogP contribution in [0.4, 0.5) is 0 Å². The zero-order valence-electron chi connectivity index (χ0n) is 14.8. The maximum Gasteiger partial charge on any atom is 0.340 e. The summed E-state index contributed by atoms with van der Waals surface area (Å²) >= 11 is 0. The SMILES string of the molecule is C=C(CC(C(=O)OC)(C(=O)OC)C(=O)Oc1ccccc1)C(=O)OCC. The summed E-state index contributed by atoms with van der Waals surface area (Å²) in [6.07, 6.45) is -0.711. The van der Waals surface area contributed by atoms with Crippen LogP contribution in [0, 0.1) is 5.41 Å². The first kappa shape index (κ1) is 20.9. The summed E-state index contributed by atoms with van der Waals surface area (Å²) in [5.74, 6) is -4.51. The molecule has 0 aliphatic rings. The highest BCUT2D eigenvalue weighted by molar-refractivity contribution is 6.19. The molecule has 0 N–H and O–H groups in total. The van der Waals surface area contributed by atoms with E-state index >= 15 is 0 Å². The first-order valence-corrected chi connectivity index (χ1v) is 7.62. The minimum absolute atomic E-state index is 0.0514. The second-order valence-corrected chi connectivity index (χ2v) is 5.09. The molecule has 0 heterocycles. The monoisotopic (exact) mass is 364 g/mol. The Morgan fingerprint density at radius 3 is 1.96 bits per heavy atom. The molecule has 0 radical (unpaired) electrons. The van der Waals surface area contributed by atoms with Gasteiger partial charge in [-0.3, -0.25) is 9.59 Å². The third kappa shape index (κ3) is 4.47. The van der Waals surface area contributed by atoms with E-state index in [0.29, 0.717) is 0 Å². The molecule has 1 rings (SSSR count). The predicted molar refractivity (Wildman–Crippen MR) is 88.9 cm³/mol. The van der Waals surface area contributed by atoms with Crippen molar-refractivity contribution < 1.29 is 38.1 Å². The number of carbonyl (C=O) groups is 4. The van der Waals surface area contributed by atoms with E-state index in [9.17, 15) is 19.2 Å². The van der Waals surface area contributed by atoms with Crippen LogP contribution in [0.25, 0.3) is 0 Å². The standard InChI is InChI=1S/C18H20O8/c1-5-25-14(19)12(2)11-18(15(20)23-3,16(21)24-4)17(22)26-13-9-7-6-8-10-13/h6-10H,2,5,11H2,1,3-4H3. The Hall–Kier alpha value is -3.16. The molecule has 0 aliphatic carbocycles. The summed E-state index contributed by atoms with van der Waals surface area (Å²) in [4.78, 5) is 49.3. The zero-order valence-corrected chi connectivity index (χ0v) is 14.8. The second-order valence-electron chi connectivity index (χ2n) is 5.09. The second kappa shape index (κ2) is 9.36. The molecule has 140 valence electrons. The van der Waals surface area contributed by atoms with Crippen molar-refractivity contribution >= 4 is 23.9 Å². The quantitative estimate of drug-likeness (QED) is 0.224. The number of esters is 4. The fourth-order valence-corrected chi connectivity index (χ4v) is 2.12. The maximum atomic E-state index is 12.7. The van der Waals surface area contributed by atoms with E-state index in [0.717, 1.165) is 14.2 Å². The van der Waals surface area contributed by atoms with Crippen molar-refractivity contribution in [3.05, 3.63) is 42.5 Å². The molecule has 0 saturated carbocycles. The Kier molecular flexibility index (Phi) is 7.52. The van der Waals surface area contributed by atoms with Crippen LogP contribution in [0.2, 0.25) is 0 Å². The van der Waals surface area contributed by atoms with Crippen LogP contribution in [0.5, 0.6) is 5.75 Å². The fourth-order valence-electron chi connectivity index (χ4n) is 2.12. The molecule has 0 unspecified atom stereocenters. The van der Waals surface area contributed by atoms with Crippen LogP contribution >= 0.6 is 0 Å². The van der Waals surface area contributed by atoms with Crippen molar-refractivity contribution in [1.29, 1.82) is 0 Å². The topological polar surface area (TPSA) is 105 Å². The molecule has 0 amide bonds. The minimum Gasteiger partial charge on any atom is -0.468 e. The van der Waals surface area contributed by atoms with E-state index in [4.69, 9.17) is 9.47 Å². The van der Waals surface area contributed by atoms with Gasteiger partial charge in [-0.2, -0.15) is 0 Å². The number of methoxy groups -OCH3 is 2. The van der Waals surface area contributed by atoms with Crippen LogP contribution in [0.15, 0.2) is 42.5 Å². The highest BCUT2D eigenvalue weighted by Crippen LogP contribution is 2.32. The third-order valence-corrected chi connectivity index (χ3v) is 3.41. The summed E-state index contributed by atoms with van der Waals surface area (Å²) in [6.45, 7) is 5.11. The lowest BCUT2D eigenvalue weighted by Crippen LogP contribution is -2.50. The van der Waals surface area contributed by atoms with Gasteiger partial charge in [0.2, 0.25) is 0 Å². The van der Waals surface area contributed by atoms with E-state index in [1.165, 1.54) is 12.1 Å². The number of rotatable bonds is 8. The lowest BCUT2D eigenvalue weighted by molar-refractivity contribution is -0.177. The van der Waals surface area contributed by atoms with Crippen LogP contribution in [0.1, 0.15) is 13.3 Å². The van der Waals surface area contributed by atoms with Gasteiger partial charge in [0.05, 0.1) is 20.8 Å². The maximum absolute atomic E-state index is 12.7. The molecule has 1 aromatic rings. The van der Waals surface area contributed by atoms with Gasteiger partial charge in [0, 0.05) is 12.0 Å². The van der Waals surface area contributed by atoms with Gasteiger partial charge in [0.1, 0.15) is 5.75 Å². The van der Waals surface area contributed by atoms with E-state index in [2.05, 4.69) is 16.1 Å². The number of hydrogen-bond donors (Lipinski definition) is 0. The molecule has 0 bridgehead atoms. The number of hydrogen-bond acceptors (Lipinski definition) is 8. The fraction of sp³-hybridized carbons (Fsp3) is 0.333. The molecule has 0 aromatic heterocycles. The average Bonchev–Trinajstić information content (AvgIpc) is 2.65.